The van der Waals surface area contributed by atoms with E-state index in [9.17, 15) is 14.7 Å². The van der Waals surface area contributed by atoms with Crippen LogP contribution in [0.3, 0.4) is 0 Å². The van der Waals surface area contributed by atoms with Crippen LogP contribution in [0, 0.1) is 6.92 Å². The van der Waals surface area contributed by atoms with E-state index in [0.717, 1.165) is 41.9 Å². The van der Waals surface area contributed by atoms with Crippen LogP contribution in [-0.4, -0.2) is 36.5 Å². The van der Waals surface area contributed by atoms with Gasteiger partial charge < -0.3 is 24.5 Å². The summed E-state index contributed by atoms with van der Waals surface area (Å²) in [6, 6.07) is 11.4. The molecule has 9 nitrogen and oxygen atoms in total. The van der Waals surface area contributed by atoms with Crippen molar-refractivity contribution in [2.75, 3.05) is 16.8 Å². The molecule has 0 unspecified atom stereocenters. The fourth-order valence-electron chi connectivity index (χ4n) is 5.84. The first-order valence-electron chi connectivity index (χ1n) is 13.1. The zero-order valence-electron chi connectivity index (χ0n) is 22.0. The summed E-state index contributed by atoms with van der Waals surface area (Å²) in [5.74, 6) is 0.547. The number of nitrogens with one attached hydrogen (secondary N) is 1. The van der Waals surface area contributed by atoms with Crippen molar-refractivity contribution in [3.05, 3.63) is 81.2 Å². The summed E-state index contributed by atoms with van der Waals surface area (Å²) in [5.41, 5.74) is 7.39. The minimum absolute atomic E-state index is 0.0363. The molecule has 2 aliphatic rings. The Bertz CT molecular complexity index is 1610. The molecule has 1 amide bonds. The van der Waals surface area contributed by atoms with Gasteiger partial charge in [0.05, 0.1) is 12.3 Å². The maximum Gasteiger partial charge on any atom is 0.274 e. The number of amides is 1. The highest BCUT2D eigenvalue weighted by atomic mass is 16.3. The number of aliphatic hydroxyl groups is 1. The van der Waals surface area contributed by atoms with Crippen molar-refractivity contribution < 1.29 is 9.90 Å². The summed E-state index contributed by atoms with van der Waals surface area (Å²) in [6.45, 7) is 2.99. The maximum atomic E-state index is 13.7. The van der Waals surface area contributed by atoms with Crippen LogP contribution < -0.4 is 15.8 Å². The van der Waals surface area contributed by atoms with E-state index in [-0.39, 0.29) is 18.1 Å². The normalized spacial score (nSPS) is 14.9. The van der Waals surface area contributed by atoms with E-state index in [1.54, 1.807) is 28.9 Å². The first kappa shape index (κ1) is 24.2. The molecule has 196 valence electrons. The molecular formula is C29H32N6O3. The summed E-state index contributed by atoms with van der Waals surface area (Å²) in [7, 11) is 3.55. The molecule has 38 heavy (non-hydrogen) atoms. The van der Waals surface area contributed by atoms with E-state index in [0.29, 0.717) is 29.3 Å². The average molecular weight is 513 g/mol. The molecule has 0 atom stereocenters. The fraction of sp³-hybridized carbons (Fsp3) is 0.345. The zero-order chi connectivity index (χ0) is 26.6. The number of hydrogen-bond acceptors (Lipinski definition) is 5. The number of rotatable bonds is 5. The first-order chi connectivity index (χ1) is 18.4. The lowest BCUT2D eigenvalue weighted by molar-refractivity contribution is 0.0964. The van der Waals surface area contributed by atoms with Crippen molar-refractivity contribution in [1.82, 2.24) is 18.9 Å². The van der Waals surface area contributed by atoms with Crippen LogP contribution in [0.5, 0.6) is 0 Å². The van der Waals surface area contributed by atoms with Gasteiger partial charge in [-0.3, -0.25) is 14.3 Å². The van der Waals surface area contributed by atoms with Gasteiger partial charge in [0.2, 0.25) is 0 Å². The van der Waals surface area contributed by atoms with Crippen LogP contribution >= 0.6 is 0 Å². The topological polar surface area (TPSA) is 97.3 Å². The van der Waals surface area contributed by atoms with E-state index < -0.39 is 0 Å². The van der Waals surface area contributed by atoms with Gasteiger partial charge in [0.25, 0.3) is 11.5 Å². The van der Waals surface area contributed by atoms with Crippen LogP contribution in [0.25, 0.3) is 11.1 Å². The summed E-state index contributed by atoms with van der Waals surface area (Å²) in [6.07, 6.45) is 6.15. The molecule has 1 aliphatic heterocycles. The molecule has 4 heterocycles. The standard InChI is InChI=1S/C29H32N6O3/c1-18-13-27(31-33(18)3)30-23-14-20(16-32(2)28(23)37)21-8-6-10-25(22(21)17-36)35-12-11-34-24-9-5-4-7-19(24)15-26(34)29(35)38/h6,8,10,13-16,36H,4-5,7,9,11-12,17H2,1-3H3,(H,30,31). The number of aromatic nitrogens is 4. The molecule has 0 saturated heterocycles. The summed E-state index contributed by atoms with van der Waals surface area (Å²) >= 11 is 0. The Hall–Kier alpha value is -4.11. The quantitative estimate of drug-likeness (QED) is 0.425. The molecule has 1 aromatic carbocycles. The summed E-state index contributed by atoms with van der Waals surface area (Å²) in [5, 5.41) is 18.1. The Morgan fingerprint density at radius 2 is 1.87 bits per heavy atom. The third-order valence-corrected chi connectivity index (χ3v) is 7.89. The zero-order valence-corrected chi connectivity index (χ0v) is 22.0. The molecule has 9 heteroatoms. The Morgan fingerprint density at radius 1 is 1.05 bits per heavy atom. The van der Waals surface area contributed by atoms with E-state index in [2.05, 4.69) is 21.0 Å². The number of carbonyl (C=O) groups is 1. The third kappa shape index (κ3) is 3.94. The first-order valence-corrected chi connectivity index (χ1v) is 13.1. The van der Waals surface area contributed by atoms with Crippen molar-refractivity contribution in [1.29, 1.82) is 0 Å². The maximum absolute atomic E-state index is 13.7. The van der Waals surface area contributed by atoms with Crippen molar-refractivity contribution in [2.24, 2.45) is 14.1 Å². The smallest absolute Gasteiger partial charge is 0.274 e. The Kier molecular flexibility index (Phi) is 5.95. The van der Waals surface area contributed by atoms with Crippen molar-refractivity contribution in [2.45, 2.75) is 45.8 Å². The van der Waals surface area contributed by atoms with Crippen LogP contribution in [0.2, 0.25) is 0 Å². The molecule has 1 aliphatic carbocycles. The van der Waals surface area contributed by atoms with Gasteiger partial charge >= 0.3 is 0 Å². The van der Waals surface area contributed by atoms with Crippen LogP contribution in [0.1, 0.15) is 45.8 Å². The lowest BCUT2D eigenvalue weighted by atomic mass is 9.98. The lowest BCUT2D eigenvalue weighted by Crippen LogP contribution is -2.41. The molecule has 0 fully saturated rings. The van der Waals surface area contributed by atoms with Crippen LogP contribution in [0.4, 0.5) is 17.2 Å². The van der Waals surface area contributed by atoms with Gasteiger partial charge in [0, 0.05) is 62.0 Å². The predicted octanol–water partition coefficient (Wildman–Crippen LogP) is 3.67. The van der Waals surface area contributed by atoms with E-state index >= 15 is 0 Å². The lowest BCUT2D eigenvalue weighted by Gasteiger charge is -2.31. The SMILES string of the molecule is Cc1cc(Nc2cc(-c3cccc(N4CCn5c(cc6c5CCCC6)C4=O)c3CO)cn(C)c2=O)nn1C. The van der Waals surface area contributed by atoms with Crippen molar-refractivity contribution in [3.63, 3.8) is 0 Å². The molecule has 0 radical (unpaired) electrons. The van der Waals surface area contributed by atoms with Crippen molar-refractivity contribution in [3.8, 4) is 11.1 Å². The number of fused-ring (bicyclic) bond motifs is 3. The highest BCUT2D eigenvalue weighted by Gasteiger charge is 2.31. The highest BCUT2D eigenvalue weighted by molar-refractivity contribution is 6.07. The van der Waals surface area contributed by atoms with Gasteiger partial charge in [-0.1, -0.05) is 12.1 Å². The second kappa shape index (κ2) is 9.33. The number of aliphatic hydroxyl groups excluding tert-OH is 1. The van der Waals surface area contributed by atoms with Gasteiger partial charge in [0.1, 0.15) is 11.4 Å². The number of benzene rings is 1. The van der Waals surface area contributed by atoms with Gasteiger partial charge in [-0.15, -0.1) is 0 Å². The highest BCUT2D eigenvalue weighted by Crippen LogP contribution is 2.35. The molecule has 2 N–H and O–H groups in total. The average Bonchev–Trinajstić information content (AvgIpc) is 3.45. The molecule has 6 rings (SSSR count). The van der Waals surface area contributed by atoms with Crippen LogP contribution in [0.15, 0.2) is 47.4 Å². The van der Waals surface area contributed by atoms with Gasteiger partial charge in [-0.05, 0) is 61.9 Å². The summed E-state index contributed by atoms with van der Waals surface area (Å²) < 4.78 is 5.46. The van der Waals surface area contributed by atoms with Gasteiger partial charge in [-0.2, -0.15) is 5.10 Å². The molecule has 0 saturated carbocycles. The largest absolute Gasteiger partial charge is 0.392 e. The molecule has 4 aromatic rings. The van der Waals surface area contributed by atoms with E-state index in [1.165, 1.54) is 28.7 Å². The second-order valence-electron chi connectivity index (χ2n) is 10.3. The number of hydrogen-bond donors (Lipinski definition) is 2. The van der Waals surface area contributed by atoms with Crippen molar-refractivity contribution >= 4 is 23.1 Å². The van der Waals surface area contributed by atoms with Gasteiger partial charge in [-0.25, -0.2) is 0 Å². The minimum atomic E-state index is -0.238. The molecule has 0 bridgehead atoms. The Morgan fingerprint density at radius 3 is 2.63 bits per heavy atom. The monoisotopic (exact) mass is 512 g/mol. The number of pyridine rings is 1. The number of carbonyl (C=O) groups excluding carboxylic acids is 1. The fourth-order valence-corrected chi connectivity index (χ4v) is 5.84. The van der Waals surface area contributed by atoms with E-state index in [4.69, 9.17) is 0 Å². The Balaban J connectivity index is 1.39. The third-order valence-electron chi connectivity index (χ3n) is 7.89. The van der Waals surface area contributed by atoms with Gasteiger partial charge in [0.15, 0.2) is 5.82 Å². The molecule has 3 aromatic heterocycles. The number of aryl methyl sites for hydroxylation is 4. The number of nitrogens with zero attached hydrogens (tertiary/aromatic N) is 5. The molecular weight excluding hydrogens is 480 g/mol. The predicted molar refractivity (Wildman–Crippen MR) is 147 cm³/mol. The number of anilines is 3. The van der Waals surface area contributed by atoms with Crippen LogP contribution in [-0.2, 0) is 40.1 Å². The summed E-state index contributed by atoms with van der Waals surface area (Å²) in [4.78, 5) is 28.4. The Labute approximate surface area is 220 Å². The second-order valence-corrected chi connectivity index (χ2v) is 10.3. The minimum Gasteiger partial charge on any atom is -0.392 e. The van der Waals surface area contributed by atoms with E-state index in [1.807, 2.05) is 38.2 Å². The molecule has 0 spiro atoms.